The topological polar surface area (TPSA) is 71.2 Å². The standard InChI is InChI=1S/C12H18N4O/c1-12(2)8-16(6-5-14-11(12)17)9-3-4-10(13)15-7-9/h3-4,7H,5-6,8H2,1-2H3,(H2,13,15)(H,14,17). The van der Waals surface area contributed by atoms with Crippen LogP contribution in [0.4, 0.5) is 11.5 Å². The smallest absolute Gasteiger partial charge is 0.227 e. The molecule has 1 aliphatic rings. The highest BCUT2D eigenvalue weighted by Crippen LogP contribution is 2.23. The minimum absolute atomic E-state index is 0.100. The van der Waals surface area contributed by atoms with Crippen LogP contribution in [0.15, 0.2) is 18.3 Å². The largest absolute Gasteiger partial charge is 0.384 e. The van der Waals surface area contributed by atoms with Gasteiger partial charge < -0.3 is 16.0 Å². The van der Waals surface area contributed by atoms with Gasteiger partial charge in [0, 0.05) is 19.6 Å². The number of nitrogens with zero attached hydrogens (tertiary/aromatic N) is 2. The first-order chi connectivity index (χ1) is 7.99. The molecule has 5 heteroatoms. The maximum Gasteiger partial charge on any atom is 0.227 e. The molecule has 92 valence electrons. The number of pyridine rings is 1. The van der Waals surface area contributed by atoms with Crippen LogP contribution in [0, 0.1) is 5.41 Å². The molecule has 2 heterocycles. The van der Waals surface area contributed by atoms with E-state index in [4.69, 9.17) is 5.73 Å². The molecule has 1 fully saturated rings. The van der Waals surface area contributed by atoms with E-state index in [0.29, 0.717) is 18.9 Å². The van der Waals surface area contributed by atoms with E-state index in [1.54, 1.807) is 12.3 Å². The van der Waals surface area contributed by atoms with Gasteiger partial charge in [0.1, 0.15) is 5.82 Å². The summed E-state index contributed by atoms with van der Waals surface area (Å²) in [6.45, 7) is 6.04. The number of aromatic nitrogens is 1. The first-order valence-electron chi connectivity index (χ1n) is 5.74. The Bertz CT molecular complexity index is 413. The summed E-state index contributed by atoms with van der Waals surface area (Å²) in [6.07, 6.45) is 1.75. The molecule has 17 heavy (non-hydrogen) atoms. The molecule has 0 aliphatic carbocycles. The minimum atomic E-state index is -0.391. The number of amides is 1. The van der Waals surface area contributed by atoms with Gasteiger partial charge in [-0.15, -0.1) is 0 Å². The highest BCUT2D eigenvalue weighted by molar-refractivity contribution is 5.83. The van der Waals surface area contributed by atoms with Gasteiger partial charge >= 0.3 is 0 Å². The number of carbonyl (C=O) groups is 1. The zero-order valence-electron chi connectivity index (χ0n) is 10.2. The van der Waals surface area contributed by atoms with Crippen LogP contribution in [0.5, 0.6) is 0 Å². The van der Waals surface area contributed by atoms with Crippen molar-refractivity contribution >= 4 is 17.4 Å². The van der Waals surface area contributed by atoms with Gasteiger partial charge in [0.05, 0.1) is 17.3 Å². The van der Waals surface area contributed by atoms with E-state index in [0.717, 1.165) is 12.2 Å². The second-order valence-corrected chi connectivity index (χ2v) is 5.00. The van der Waals surface area contributed by atoms with Crippen molar-refractivity contribution in [2.24, 2.45) is 5.41 Å². The van der Waals surface area contributed by atoms with Gasteiger partial charge in [-0.3, -0.25) is 4.79 Å². The maximum absolute atomic E-state index is 11.8. The molecule has 0 bridgehead atoms. The van der Waals surface area contributed by atoms with Crippen LogP contribution in [0.1, 0.15) is 13.8 Å². The molecule has 0 saturated carbocycles. The molecule has 5 nitrogen and oxygen atoms in total. The number of hydrogen-bond acceptors (Lipinski definition) is 4. The molecule has 1 aromatic heterocycles. The van der Waals surface area contributed by atoms with Crippen molar-refractivity contribution in [3.63, 3.8) is 0 Å². The first kappa shape index (κ1) is 11.7. The lowest BCUT2D eigenvalue weighted by atomic mass is 9.92. The van der Waals surface area contributed by atoms with Gasteiger partial charge in [0.15, 0.2) is 0 Å². The molecule has 0 radical (unpaired) electrons. The van der Waals surface area contributed by atoms with Crippen molar-refractivity contribution < 1.29 is 4.79 Å². The van der Waals surface area contributed by atoms with Gasteiger partial charge in [-0.1, -0.05) is 0 Å². The van der Waals surface area contributed by atoms with Crippen LogP contribution in [0.25, 0.3) is 0 Å². The fourth-order valence-corrected chi connectivity index (χ4v) is 1.98. The van der Waals surface area contributed by atoms with Gasteiger partial charge in [0.2, 0.25) is 5.91 Å². The normalized spacial score (nSPS) is 19.6. The van der Waals surface area contributed by atoms with E-state index in [1.165, 1.54) is 0 Å². The zero-order valence-corrected chi connectivity index (χ0v) is 10.2. The van der Waals surface area contributed by atoms with Crippen LogP contribution in [0.3, 0.4) is 0 Å². The van der Waals surface area contributed by atoms with E-state index in [2.05, 4.69) is 15.2 Å². The van der Waals surface area contributed by atoms with Crippen molar-refractivity contribution in [3.8, 4) is 0 Å². The number of hydrogen-bond donors (Lipinski definition) is 2. The van der Waals surface area contributed by atoms with E-state index in [-0.39, 0.29) is 5.91 Å². The van der Waals surface area contributed by atoms with Gasteiger partial charge in [-0.05, 0) is 26.0 Å². The second-order valence-electron chi connectivity index (χ2n) is 5.00. The lowest BCUT2D eigenvalue weighted by Crippen LogP contribution is -2.39. The molecule has 1 amide bonds. The molecule has 1 aromatic rings. The minimum Gasteiger partial charge on any atom is -0.384 e. The third kappa shape index (κ3) is 2.49. The lowest BCUT2D eigenvalue weighted by molar-refractivity contribution is -0.128. The average Bonchev–Trinajstić information content (AvgIpc) is 2.40. The molecule has 2 rings (SSSR count). The Balaban J connectivity index is 2.21. The molecule has 1 saturated heterocycles. The molecule has 0 spiro atoms. The number of nitrogens with one attached hydrogen (secondary N) is 1. The van der Waals surface area contributed by atoms with Crippen molar-refractivity contribution in [3.05, 3.63) is 18.3 Å². The summed E-state index contributed by atoms with van der Waals surface area (Å²) in [5, 5.41) is 2.92. The molecule has 0 aromatic carbocycles. The summed E-state index contributed by atoms with van der Waals surface area (Å²) < 4.78 is 0. The van der Waals surface area contributed by atoms with Gasteiger partial charge in [-0.2, -0.15) is 0 Å². The highest BCUT2D eigenvalue weighted by Gasteiger charge is 2.32. The summed E-state index contributed by atoms with van der Waals surface area (Å²) in [6, 6.07) is 3.72. The molecule has 0 atom stereocenters. The zero-order chi connectivity index (χ0) is 12.5. The van der Waals surface area contributed by atoms with Crippen LogP contribution < -0.4 is 16.0 Å². The predicted octanol–water partition coefficient (Wildman–Crippen LogP) is 0.626. The fourth-order valence-electron chi connectivity index (χ4n) is 1.98. The van der Waals surface area contributed by atoms with E-state index in [9.17, 15) is 4.79 Å². The Morgan fingerprint density at radius 2 is 2.24 bits per heavy atom. The summed E-state index contributed by atoms with van der Waals surface area (Å²) in [5.74, 6) is 0.612. The summed E-state index contributed by atoms with van der Waals surface area (Å²) >= 11 is 0. The third-order valence-corrected chi connectivity index (χ3v) is 3.00. The van der Waals surface area contributed by atoms with Crippen LogP contribution in [-0.2, 0) is 4.79 Å². The predicted molar refractivity (Wildman–Crippen MR) is 67.7 cm³/mol. The summed E-state index contributed by atoms with van der Waals surface area (Å²) in [5.41, 5.74) is 6.18. The molecule has 3 N–H and O–H groups in total. The van der Waals surface area contributed by atoms with E-state index < -0.39 is 5.41 Å². The van der Waals surface area contributed by atoms with Crippen molar-refractivity contribution in [2.75, 3.05) is 30.3 Å². The van der Waals surface area contributed by atoms with Crippen molar-refractivity contribution in [1.82, 2.24) is 10.3 Å². The first-order valence-corrected chi connectivity index (χ1v) is 5.74. The van der Waals surface area contributed by atoms with Crippen LogP contribution >= 0.6 is 0 Å². The number of nitrogens with two attached hydrogens (primary N) is 1. The number of nitrogen functional groups attached to an aromatic ring is 1. The molecular formula is C12H18N4O. The van der Waals surface area contributed by atoms with Crippen molar-refractivity contribution in [1.29, 1.82) is 0 Å². The Labute approximate surface area is 101 Å². The van der Waals surface area contributed by atoms with E-state index in [1.807, 2.05) is 19.9 Å². The number of carbonyl (C=O) groups excluding carboxylic acids is 1. The van der Waals surface area contributed by atoms with Crippen molar-refractivity contribution in [2.45, 2.75) is 13.8 Å². The third-order valence-electron chi connectivity index (χ3n) is 3.00. The van der Waals surface area contributed by atoms with Gasteiger partial charge in [-0.25, -0.2) is 4.98 Å². The number of rotatable bonds is 1. The fraction of sp³-hybridized carbons (Fsp3) is 0.500. The average molecular weight is 234 g/mol. The Morgan fingerprint density at radius 3 is 2.88 bits per heavy atom. The summed E-state index contributed by atoms with van der Waals surface area (Å²) in [4.78, 5) is 18.0. The van der Waals surface area contributed by atoms with E-state index >= 15 is 0 Å². The highest BCUT2D eigenvalue weighted by atomic mass is 16.2. The Hall–Kier alpha value is -1.78. The molecule has 1 aliphatic heterocycles. The Morgan fingerprint density at radius 1 is 1.47 bits per heavy atom. The van der Waals surface area contributed by atoms with Gasteiger partial charge in [0.25, 0.3) is 0 Å². The second kappa shape index (κ2) is 4.24. The van der Waals surface area contributed by atoms with Crippen LogP contribution in [-0.4, -0.2) is 30.5 Å². The summed E-state index contributed by atoms with van der Waals surface area (Å²) in [7, 11) is 0. The lowest BCUT2D eigenvalue weighted by Gasteiger charge is -2.28. The van der Waals surface area contributed by atoms with Crippen LogP contribution in [0.2, 0.25) is 0 Å². The Kier molecular flexibility index (Phi) is 2.92. The molecule has 0 unspecified atom stereocenters. The monoisotopic (exact) mass is 234 g/mol. The SMILES string of the molecule is CC1(C)CN(c2ccc(N)nc2)CCNC1=O. The number of anilines is 2. The maximum atomic E-state index is 11.8. The molecular weight excluding hydrogens is 216 g/mol. The quantitative estimate of drug-likeness (QED) is 0.747.